The van der Waals surface area contributed by atoms with Gasteiger partial charge in [0.25, 0.3) is 0 Å². The Morgan fingerprint density at radius 2 is 1.94 bits per heavy atom. The minimum atomic E-state index is 0.228. The molecule has 0 saturated heterocycles. The molecule has 1 aliphatic carbocycles. The van der Waals surface area contributed by atoms with Crippen LogP contribution in [0.4, 0.5) is 0 Å². The van der Waals surface area contributed by atoms with E-state index in [9.17, 15) is 0 Å². The fraction of sp³-hybridized carbons (Fsp3) is 0.400. The summed E-state index contributed by atoms with van der Waals surface area (Å²) in [7, 11) is 0. The average molecular weight is 241 g/mol. The van der Waals surface area contributed by atoms with E-state index in [2.05, 4.69) is 28.6 Å². The fourth-order valence-electron chi connectivity index (χ4n) is 3.16. The zero-order valence-corrected chi connectivity index (χ0v) is 10.5. The number of aromatic nitrogens is 1. The first-order chi connectivity index (χ1) is 8.90. The Hall–Kier alpha value is -1.45. The van der Waals surface area contributed by atoms with Crippen LogP contribution in [0.5, 0.6) is 0 Å². The maximum Gasteiger partial charge on any atom is 0.0509 e. The molecule has 0 spiro atoms. The predicted octanol–water partition coefficient (Wildman–Crippen LogP) is 2.93. The highest BCUT2D eigenvalue weighted by molar-refractivity contribution is 5.85. The van der Waals surface area contributed by atoms with Gasteiger partial charge < -0.3 is 0 Å². The van der Waals surface area contributed by atoms with E-state index in [1.807, 2.05) is 18.5 Å². The molecule has 0 radical (unpaired) electrons. The number of fused-ring (bicyclic) bond motifs is 1. The zero-order chi connectivity index (χ0) is 12.4. The van der Waals surface area contributed by atoms with E-state index in [-0.39, 0.29) is 6.04 Å². The first kappa shape index (κ1) is 11.6. The molecule has 1 aromatic heterocycles. The highest BCUT2D eigenvalue weighted by atomic mass is 15.2. The van der Waals surface area contributed by atoms with Gasteiger partial charge in [0.1, 0.15) is 0 Å². The number of nitrogens with one attached hydrogen (secondary N) is 1. The number of nitrogens with zero attached hydrogens (tertiary/aromatic N) is 1. The summed E-state index contributed by atoms with van der Waals surface area (Å²) in [5.41, 5.74) is 4.25. The van der Waals surface area contributed by atoms with Crippen molar-refractivity contribution in [2.75, 3.05) is 0 Å². The number of benzene rings is 1. The van der Waals surface area contributed by atoms with E-state index in [4.69, 9.17) is 5.84 Å². The van der Waals surface area contributed by atoms with Crippen LogP contribution in [0.25, 0.3) is 10.8 Å². The molecule has 1 aliphatic rings. The molecule has 0 aliphatic heterocycles. The standard InChI is InChI=1S/C15H19N3/c16-18-15(11-5-1-2-6-11)14-10-17-9-12-7-3-4-8-13(12)14/h3-4,7-11,15,18H,1-2,5-6,16H2. The van der Waals surface area contributed by atoms with E-state index < -0.39 is 0 Å². The first-order valence-corrected chi connectivity index (χ1v) is 6.69. The quantitative estimate of drug-likeness (QED) is 0.641. The van der Waals surface area contributed by atoms with E-state index in [1.54, 1.807) is 0 Å². The lowest BCUT2D eigenvalue weighted by atomic mass is 9.90. The molecule has 1 atom stereocenters. The van der Waals surface area contributed by atoms with Gasteiger partial charge in [-0.25, -0.2) is 0 Å². The van der Waals surface area contributed by atoms with Gasteiger partial charge in [0.05, 0.1) is 6.04 Å². The molecule has 1 saturated carbocycles. The molecule has 1 fully saturated rings. The van der Waals surface area contributed by atoms with Gasteiger partial charge in [-0.3, -0.25) is 16.3 Å². The highest BCUT2D eigenvalue weighted by Gasteiger charge is 2.26. The predicted molar refractivity (Wildman–Crippen MR) is 73.8 cm³/mol. The van der Waals surface area contributed by atoms with Crippen LogP contribution in [-0.2, 0) is 0 Å². The van der Waals surface area contributed by atoms with Crippen molar-refractivity contribution >= 4 is 10.8 Å². The molecule has 1 unspecified atom stereocenters. The van der Waals surface area contributed by atoms with E-state index in [0.717, 1.165) is 0 Å². The third-order valence-corrected chi connectivity index (χ3v) is 4.08. The van der Waals surface area contributed by atoms with E-state index in [0.29, 0.717) is 5.92 Å². The number of pyridine rings is 1. The number of rotatable bonds is 3. The molecule has 18 heavy (non-hydrogen) atoms. The molecule has 2 aromatic rings. The third kappa shape index (κ3) is 2.00. The van der Waals surface area contributed by atoms with Crippen molar-refractivity contribution in [1.82, 2.24) is 10.4 Å². The number of hydrogen-bond donors (Lipinski definition) is 2. The van der Waals surface area contributed by atoms with Crippen LogP contribution >= 0.6 is 0 Å². The van der Waals surface area contributed by atoms with Crippen molar-refractivity contribution in [2.24, 2.45) is 11.8 Å². The fourth-order valence-corrected chi connectivity index (χ4v) is 3.16. The molecular formula is C15H19N3. The Kier molecular flexibility index (Phi) is 3.26. The zero-order valence-electron chi connectivity index (χ0n) is 10.5. The molecule has 0 amide bonds. The summed E-state index contributed by atoms with van der Waals surface area (Å²) < 4.78 is 0. The largest absolute Gasteiger partial charge is 0.271 e. The van der Waals surface area contributed by atoms with E-state index in [1.165, 1.54) is 42.0 Å². The van der Waals surface area contributed by atoms with Gasteiger partial charge in [-0.05, 0) is 29.7 Å². The second-order valence-corrected chi connectivity index (χ2v) is 5.14. The summed E-state index contributed by atoms with van der Waals surface area (Å²) in [4.78, 5) is 4.36. The van der Waals surface area contributed by atoms with Gasteiger partial charge in [0.15, 0.2) is 0 Å². The number of nitrogens with two attached hydrogens (primary N) is 1. The minimum Gasteiger partial charge on any atom is -0.271 e. The summed E-state index contributed by atoms with van der Waals surface area (Å²) in [6.45, 7) is 0. The molecule has 1 aromatic carbocycles. The summed E-state index contributed by atoms with van der Waals surface area (Å²) in [5, 5.41) is 2.45. The van der Waals surface area contributed by atoms with Crippen molar-refractivity contribution in [3.8, 4) is 0 Å². The Morgan fingerprint density at radius 1 is 1.17 bits per heavy atom. The normalized spacial score (nSPS) is 18.3. The van der Waals surface area contributed by atoms with Crippen LogP contribution in [0.1, 0.15) is 37.3 Å². The van der Waals surface area contributed by atoms with Crippen LogP contribution in [0.3, 0.4) is 0 Å². The second-order valence-electron chi connectivity index (χ2n) is 5.14. The van der Waals surface area contributed by atoms with Crippen molar-refractivity contribution in [3.63, 3.8) is 0 Å². The SMILES string of the molecule is NNC(c1cncc2ccccc12)C1CCCC1. The average Bonchev–Trinajstić information content (AvgIpc) is 2.94. The third-order valence-electron chi connectivity index (χ3n) is 4.08. The van der Waals surface area contributed by atoms with Crippen LogP contribution in [0, 0.1) is 5.92 Å². The number of hydrazine groups is 1. The summed E-state index contributed by atoms with van der Waals surface area (Å²) in [5.74, 6) is 6.44. The van der Waals surface area contributed by atoms with Gasteiger partial charge in [0.2, 0.25) is 0 Å². The maximum absolute atomic E-state index is 5.80. The monoisotopic (exact) mass is 241 g/mol. The highest BCUT2D eigenvalue weighted by Crippen LogP contribution is 2.37. The molecular weight excluding hydrogens is 222 g/mol. The molecule has 1 heterocycles. The topological polar surface area (TPSA) is 50.9 Å². The van der Waals surface area contributed by atoms with Gasteiger partial charge >= 0.3 is 0 Å². The smallest absolute Gasteiger partial charge is 0.0509 e. The molecule has 3 nitrogen and oxygen atoms in total. The van der Waals surface area contributed by atoms with Crippen LogP contribution in [0.15, 0.2) is 36.7 Å². The summed E-state index contributed by atoms with van der Waals surface area (Å²) in [6, 6.07) is 8.62. The molecule has 3 rings (SSSR count). The van der Waals surface area contributed by atoms with Gasteiger partial charge in [-0.15, -0.1) is 0 Å². The van der Waals surface area contributed by atoms with Gasteiger partial charge in [-0.2, -0.15) is 0 Å². The molecule has 3 N–H and O–H groups in total. The van der Waals surface area contributed by atoms with Crippen molar-refractivity contribution in [3.05, 3.63) is 42.2 Å². The Bertz CT molecular complexity index is 527. The Labute approximate surface area is 107 Å². The van der Waals surface area contributed by atoms with Crippen molar-refractivity contribution in [1.29, 1.82) is 0 Å². The lowest BCUT2D eigenvalue weighted by Crippen LogP contribution is -2.32. The van der Waals surface area contributed by atoms with Crippen molar-refractivity contribution < 1.29 is 0 Å². The first-order valence-electron chi connectivity index (χ1n) is 6.69. The molecule has 0 bridgehead atoms. The summed E-state index contributed by atoms with van der Waals surface area (Å²) >= 11 is 0. The Balaban J connectivity index is 2.06. The maximum atomic E-state index is 5.80. The lowest BCUT2D eigenvalue weighted by molar-refractivity contribution is 0.375. The van der Waals surface area contributed by atoms with Gasteiger partial charge in [-0.1, -0.05) is 37.1 Å². The second kappa shape index (κ2) is 5.04. The van der Waals surface area contributed by atoms with Crippen LogP contribution in [-0.4, -0.2) is 4.98 Å². The Morgan fingerprint density at radius 3 is 2.72 bits per heavy atom. The molecule has 3 heteroatoms. The van der Waals surface area contributed by atoms with Crippen LogP contribution < -0.4 is 11.3 Å². The summed E-state index contributed by atoms with van der Waals surface area (Å²) in [6.07, 6.45) is 9.05. The van der Waals surface area contributed by atoms with Gasteiger partial charge in [0, 0.05) is 17.8 Å². The van der Waals surface area contributed by atoms with Crippen molar-refractivity contribution in [2.45, 2.75) is 31.7 Å². The molecule has 94 valence electrons. The van der Waals surface area contributed by atoms with E-state index >= 15 is 0 Å². The minimum absolute atomic E-state index is 0.228. The van der Waals surface area contributed by atoms with Crippen LogP contribution in [0.2, 0.25) is 0 Å². The number of hydrogen-bond acceptors (Lipinski definition) is 3. The lowest BCUT2D eigenvalue weighted by Gasteiger charge is -2.24.